The normalized spacial score (nSPS) is 24.5. The van der Waals surface area contributed by atoms with E-state index < -0.39 is 5.82 Å². The van der Waals surface area contributed by atoms with Gasteiger partial charge in [0.2, 0.25) is 5.91 Å². The second-order valence-electron chi connectivity index (χ2n) is 22.6. The van der Waals surface area contributed by atoms with E-state index in [1.807, 2.05) is 16.0 Å². The van der Waals surface area contributed by atoms with Gasteiger partial charge in [-0.1, -0.05) is 19.3 Å². The van der Waals surface area contributed by atoms with E-state index in [-0.39, 0.29) is 17.6 Å². The van der Waals surface area contributed by atoms with E-state index in [1.54, 1.807) is 13.3 Å². The highest BCUT2D eigenvalue weighted by molar-refractivity contribution is 5.80. The first kappa shape index (κ1) is 56.8. The SMILES string of the molecule is COCCCN1CCN(c2c(C)cncc2N)CC1.Nc1cncc(F)c1N1CCN(C(=O)C2CC3CCC2C3)CC1.Nc1cncc(F)c1N1CCN2CCCC[C@@H]2C1.Nc1cncc(F)c1N1CCN2CCCC[C@H]2C1. The average Bonchev–Trinajstić information content (AvgIpc) is 4.15. The maximum absolute atomic E-state index is 14.0. The second kappa shape index (κ2) is 26.8. The largest absolute Gasteiger partial charge is 0.396 e. The van der Waals surface area contributed by atoms with E-state index in [9.17, 15) is 18.0 Å². The third-order valence-electron chi connectivity index (χ3n) is 17.6. The summed E-state index contributed by atoms with van der Waals surface area (Å²) in [5.41, 5.74) is 29.5. The summed E-state index contributed by atoms with van der Waals surface area (Å²) in [6, 6.07) is 1.11. The number of methoxy groups -OCH3 is 1. The van der Waals surface area contributed by atoms with Crippen molar-refractivity contribution in [2.75, 3.05) is 168 Å². The molecule has 8 fully saturated rings. The zero-order valence-corrected chi connectivity index (χ0v) is 46.1. The van der Waals surface area contributed by atoms with Crippen LogP contribution in [0.1, 0.15) is 76.2 Å². The number of carbonyl (C=O) groups is 1. The fourth-order valence-electron chi connectivity index (χ4n) is 13.6. The molecule has 1 amide bonds. The smallest absolute Gasteiger partial charge is 0.226 e. The molecule has 10 heterocycles. The number of nitrogens with zero attached hydrogens (tertiary/aromatic N) is 12. The molecule has 8 aliphatic rings. The fraction of sp³-hybridized carbons (Fsp3) is 0.632. The molecule has 2 bridgehead atoms. The van der Waals surface area contributed by atoms with Gasteiger partial charge < -0.3 is 52.2 Å². The third kappa shape index (κ3) is 13.7. The predicted octanol–water partition coefficient (Wildman–Crippen LogP) is 5.97. The number of nitrogen functional groups attached to an aromatic ring is 4. The Labute approximate surface area is 459 Å². The molecule has 78 heavy (non-hydrogen) atoms. The van der Waals surface area contributed by atoms with Crippen LogP contribution in [0.25, 0.3) is 0 Å². The summed E-state index contributed by atoms with van der Waals surface area (Å²) < 4.78 is 46.8. The quantitative estimate of drug-likeness (QED) is 0.142. The van der Waals surface area contributed by atoms with Crippen LogP contribution in [0.4, 0.5) is 58.7 Å². The number of piperazine rings is 4. The standard InChI is InChI=1S/C17H23FN4O.C14H24N4O.2C13H19FN4/c18-14-9-20-10-15(19)16(14)21-3-5-22(6-4-21)17(23)13-8-11-1-2-12(13)7-11;1-12-10-16-11-13(15)14(12)18-7-5-17(6-8-18)4-3-9-19-2;2*14-11-7-16-8-12(15)13(11)18-6-5-17-4-2-1-3-10(17)9-18/h9-13H,1-8,19H2;10-11H,3-9,15H2,1-2H3;2*7-8,10H,1-6,9,15H2/t;;2*10-/m..10/s1. The van der Waals surface area contributed by atoms with Crippen molar-refractivity contribution in [1.82, 2.24) is 39.5 Å². The molecule has 2 aliphatic carbocycles. The van der Waals surface area contributed by atoms with Crippen LogP contribution in [0, 0.1) is 42.1 Å². The Kier molecular flexibility index (Phi) is 19.5. The number of ether oxygens (including phenoxy) is 1. The fourth-order valence-corrected chi connectivity index (χ4v) is 13.6. The van der Waals surface area contributed by atoms with Crippen LogP contribution >= 0.6 is 0 Å². The first-order valence-electron chi connectivity index (χ1n) is 28.7. The van der Waals surface area contributed by atoms with E-state index >= 15 is 0 Å². The molecule has 2 saturated carbocycles. The summed E-state index contributed by atoms with van der Waals surface area (Å²) in [4.78, 5) is 46.2. The molecule has 0 spiro atoms. The van der Waals surface area contributed by atoms with E-state index in [0.717, 1.165) is 114 Å². The summed E-state index contributed by atoms with van der Waals surface area (Å²) in [5, 5.41) is 0. The number of fused-ring (bicyclic) bond motifs is 4. The van der Waals surface area contributed by atoms with Crippen molar-refractivity contribution in [1.29, 1.82) is 0 Å². The lowest BCUT2D eigenvalue weighted by atomic mass is 9.87. The number of hydrogen-bond acceptors (Lipinski definition) is 17. The molecule has 8 N–H and O–H groups in total. The van der Waals surface area contributed by atoms with Crippen LogP contribution in [0.2, 0.25) is 0 Å². The minimum atomic E-state index is -0.391. The zero-order chi connectivity index (χ0) is 54.7. The van der Waals surface area contributed by atoms with E-state index in [4.69, 9.17) is 27.7 Å². The van der Waals surface area contributed by atoms with Crippen LogP contribution in [0.5, 0.6) is 0 Å². The predicted molar refractivity (Wildman–Crippen MR) is 305 cm³/mol. The van der Waals surface area contributed by atoms with E-state index in [1.165, 1.54) is 108 Å². The summed E-state index contributed by atoms with van der Waals surface area (Å²) in [6.45, 7) is 18.7. The van der Waals surface area contributed by atoms with Crippen molar-refractivity contribution in [3.63, 3.8) is 0 Å². The van der Waals surface area contributed by atoms with Gasteiger partial charge in [-0.25, -0.2) is 13.2 Å². The summed E-state index contributed by atoms with van der Waals surface area (Å²) >= 11 is 0. The van der Waals surface area contributed by atoms with Gasteiger partial charge in [0.1, 0.15) is 0 Å². The molecule has 4 aromatic heterocycles. The van der Waals surface area contributed by atoms with E-state index in [2.05, 4.69) is 56.3 Å². The Hall–Kier alpha value is -5.90. The van der Waals surface area contributed by atoms with Gasteiger partial charge in [0.05, 0.1) is 88.9 Å². The molecule has 4 aromatic rings. The lowest BCUT2D eigenvalue weighted by molar-refractivity contribution is -0.137. The molecule has 21 heteroatoms. The number of rotatable bonds is 9. The lowest BCUT2D eigenvalue weighted by Gasteiger charge is -2.45. The minimum Gasteiger partial charge on any atom is -0.396 e. The van der Waals surface area contributed by atoms with Gasteiger partial charge in [-0.2, -0.15) is 0 Å². The highest BCUT2D eigenvalue weighted by Gasteiger charge is 2.45. The molecule has 0 radical (unpaired) electrons. The van der Waals surface area contributed by atoms with Gasteiger partial charge in [-0.3, -0.25) is 39.4 Å². The molecule has 0 aromatic carbocycles. The van der Waals surface area contributed by atoms with Crippen molar-refractivity contribution < 1.29 is 22.7 Å². The van der Waals surface area contributed by atoms with Gasteiger partial charge in [-0.15, -0.1) is 0 Å². The topological polar surface area (TPSA) is 208 Å². The molecule has 18 nitrogen and oxygen atoms in total. The number of pyridine rings is 4. The maximum Gasteiger partial charge on any atom is 0.226 e. The van der Waals surface area contributed by atoms with Crippen molar-refractivity contribution in [2.45, 2.75) is 89.6 Å². The van der Waals surface area contributed by atoms with Crippen LogP contribution in [0.3, 0.4) is 0 Å². The van der Waals surface area contributed by atoms with Crippen molar-refractivity contribution in [3.05, 3.63) is 72.6 Å². The molecular weight excluding hydrogens is 998 g/mol. The number of nitrogens with two attached hydrogens (primary N) is 4. The molecule has 6 aliphatic heterocycles. The Bertz CT molecular complexity index is 2420. The first-order valence-corrected chi connectivity index (χ1v) is 28.7. The Morgan fingerprint density at radius 1 is 0.538 bits per heavy atom. The summed E-state index contributed by atoms with van der Waals surface area (Å²) in [6.07, 6.45) is 25.4. The third-order valence-corrected chi connectivity index (χ3v) is 17.6. The Morgan fingerprint density at radius 2 is 1.00 bits per heavy atom. The highest BCUT2D eigenvalue weighted by atomic mass is 19.1. The molecule has 5 atom stereocenters. The van der Waals surface area contributed by atoms with Crippen molar-refractivity contribution >= 4 is 51.4 Å². The summed E-state index contributed by atoms with van der Waals surface area (Å²) in [7, 11) is 1.76. The van der Waals surface area contributed by atoms with Gasteiger partial charge in [0.25, 0.3) is 0 Å². The van der Waals surface area contributed by atoms with Crippen molar-refractivity contribution in [2.24, 2.45) is 17.8 Å². The van der Waals surface area contributed by atoms with Crippen LogP contribution in [0.15, 0.2) is 49.6 Å². The number of halogens is 3. The number of anilines is 8. The zero-order valence-electron chi connectivity index (χ0n) is 46.1. The molecule has 3 unspecified atom stereocenters. The second-order valence-corrected chi connectivity index (χ2v) is 22.6. The molecule has 6 saturated heterocycles. The Morgan fingerprint density at radius 3 is 1.46 bits per heavy atom. The van der Waals surface area contributed by atoms with Crippen LogP contribution in [-0.2, 0) is 9.53 Å². The highest BCUT2D eigenvalue weighted by Crippen LogP contribution is 2.49. The van der Waals surface area contributed by atoms with Crippen LogP contribution in [-0.4, -0.2) is 183 Å². The molecule has 426 valence electrons. The number of amides is 1. The number of piperidine rings is 2. The van der Waals surface area contributed by atoms with E-state index in [0.29, 0.717) is 84.2 Å². The summed E-state index contributed by atoms with van der Waals surface area (Å²) in [5.74, 6) is 0.944. The lowest BCUT2D eigenvalue weighted by Crippen LogP contribution is -2.55. The minimum absolute atomic E-state index is 0.239. The van der Waals surface area contributed by atoms with Gasteiger partial charge >= 0.3 is 0 Å². The van der Waals surface area contributed by atoms with Gasteiger partial charge in [-0.05, 0) is 88.8 Å². The monoisotopic (exact) mass is 1080 g/mol. The first-order chi connectivity index (χ1) is 37.9. The molecular formula is C57H85F3N16O2. The number of aromatic nitrogens is 4. The number of carbonyl (C=O) groups excluding carboxylic acids is 1. The van der Waals surface area contributed by atoms with Gasteiger partial charge in [0, 0.05) is 136 Å². The van der Waals surface area contributed by atoms with Crippen LogP contribution < -0.4 is 42.5 Å². The van der Waals surface area contributed by atoms with Crippen molar-refractivity contribution in [3.8, 4) is 0 Å². The number of hydrogen-bond donors (Lipinski definition) is 4. The molecule has 12 rings (SSSR count). The average molecular weight is 1080 g/mol. The maximum atomic E-state index is 14.0. The Balaban J connectivity index is 0.000000127. The number of aryl methyl sites for hydroxylation is 1. The van der Waals surface area contributed by atoms with Gasteiger partial charge in [0.15, 0.2) is 17.5 Å².